The van der Waals surface area contributed by atoms with Gasteiger partial charge in [0.05, 0.1) is 5.69 Å². The van der Waals surface area contributed by atoms with Crippen molar-refractivity contribution in [2.45, 2.75) is 46.7 Å². The van der Waals surface area contributed by atoms with Gasteiger partial charge in [0.1, 0.15) is 0 Å². The Hall–Kier alpha value is -0.830. The highest BCUT2D eigenvalue weighted by Crippen LogP contribution is 2.22. The molecule has 1 heterocycles. The molecule has 0 aliphatic carbocycles. The van der Waals surface area contributed by atoms with Crippen molar-refractivity contribution in [3.63, 3.8) is 0 Å². The van der Waals surface area contributed by atoms with Crippen molar-refractivity contribution in [3.05, 3.63) is 17.0 Å². The Bertz CT molecular complexity index is 313. The molecule has 0 fully saturated rings. The lowest BCUT2D eigenvalue weighted by atomic mass is 10.1. The van der Waals surface area contributed by atoms with E-state index in [1.165, 1.54) is 11.3 Å². The fourth-order valence-electron chi connectivity index (χ4n) is 1.95. The minimum atomic E-state index is 0.377. The normalized spacial score (nSPS) is 13.6. The van der Waals surface area contributed by atoms with Crippen molar-refractivity contribution in [3.8, 4) is 0 Å². The minimum Gasteiger partial charge on any atom is -0.313 e. The first-order chi connectivity index (χ1) is 6.49. The first-order valence-corrected chi connectivity index (χ1v) is 5.21. The Morgan fingerprint density at radius 1 is 1.21 bits per heavy atom. The van der Waals surface area contributed by atoms with Crippen LogP contribution in [0.2, 0.25) is 0 Å². The van der Waals surface area contributed by atoms with Crippen LogP contribution in [0.15, 0.2) is 0 Å². The Morgan fingerprint density at radius 3 is 2.14 bits per heavy atom. The number of nitrogens with zero attached hydrogens (tertiary/aromatic N) is 2. The van der Waals surface area contributed by atoms with Crippen LogP contribution in [-0.4, -0.2) is 16.8 Å². The molecular formula is C11H21N3. The lowest BCUT2D eigenvalue weighted by Gasteiger charge is -2.12. The highest BCUT2D eigenvalue weighted by molar-refractivity contribution is 5.28. The van der Waals surface area contributed by atoms with Gasteiger partial charge in [-0.15, -0.1) is 0 Å². The van der Waals surface area contributed by atoms with E-state index in [0.717, 1.165) is 5.69 Å². The largest absolute Gasteiger partial charge is 0.313 e. The molecule has 0 radical (unpaired) electrons. The van der Waals surface area contributed by atoms with Crippen molar-refractivity contribution in [1.29, 1.82) is 0 Å². The third-order valence-corrected chi connectivity index (χ3v) is 2.74. The predicted octanol–water partition coefficient (Wildman–Crippen LogP) is 2.36. The van der Waals surface area contributed by atoms with Crippen LogP contribution in [0, 0.1) is 13.8 Å². The summed E-state index contributed by atoms with van der Waals surface area (Å²) >= 11 is 0. The zero-order valence-electron chi connectivity index (χ0n) is 10.0. The summed E-state index contributed by atoms with van der Waals surface area (Å²) < 4.78 is 2.10. The topological polar surface area (TPSA) is 29.9 Å². The average molecular weight is 195 g/mol. The highest BCUT2D eigenvalue weighted by Gasteiger charge is 2.16. The number of aromatic nitrogens is 2. The molecule has 3 nitrogen and oxygen atoms in total. The van der Waals surface area contributed by atoms with Crippen LogP contribution in [-0.2, 0) is 0 Å². The Kier molecular flexibility index (Phi) is 3.32. The van der Waals surface area contributed by atoms with Gasteiger partial charge in [-0.1, -0.05) is 0 Å². The summed E-state index contributed by atoms with van der Waals surface area (Å²) in [5.41, 5.74) is 3.75. The van der Waals surface area contributed by atoms with Gasteiger partial charge in [-0.05, 0) is 41.7 Å². The van der Waals surface area contributed by atoms with Gasteiger partial charge in [-0.3, -0.25) is 4.68 Å². The zero-order valence-corrected chi connectivity index (χ0v) is 10.0. The Labute approximate surface area is 86.5 Å². The second kappa shape index (κ2) is 4.13. The van der Waals surface area contributed by atoms with E-state index < -0.39 is 0 Å². The van der Waals surface area contributed by atoms with Gasteiger partial charge in [0.25, 0.3) is 0 Å². The molecule has 0 saturated carbocycles. The Morgan fingerprint density at radius 2 is 1.79 bits per heavy atom. The maximum absolute atomic E-state index is 4.56. The standard InChI is InChI=1S/C11H21N3/c1-7(2)14-10(5)11(8(3)12-6)9(4)13-14/h7-8,12H,1-6H3. The van der Waals surface area contributed by atoms with Crippen LogP contribution < -0.4 is 5.32 Å². The monoisotopic (exact) mass is 195 g/mol. The van der Waals surface area contributed by atoms with Crippen molar-refractivity contribution in [2.24, 2.45) is 0 Å². The summed E-state index contributed by atoms with van der Waals surface area (Å²) in [4.78, 5) is 0. The molecule has 14 heavy (non-hydrogen) atoms. The molecule has 1 atom stereocenters. The zero-order chi connectivity index (χ0) is 10.9. The smallest absolute Gasteiger partial charge is 0.0644 e. The van der Waals surface area contributed by atoms with E-state index in [9.17, 15) is 0 Å². The van der Waals surface area contributed by atoms with Crippen LogP contribution in [0.25, 0.3) is 0 Å². The lowest BCUT2D eigenvalue weighted by molar-refractivity contribution is 0.514. The van der Waals surface area contributed by atoms with E-state index in [0.29, 0.717) is 12.1 Å². The fourth-order valence-corrected chi connectivity index (χ4v) is 1.95. The maximum atomic E-state index is 4.56. The highest BCUT2D eigenvalue weighted by atomic mass is 15.3. The summed E-state index contributed by atoms with van der Waals surface area (Å²) in [6.07, 6.45) is 0. The third kappa shape index (κ3) is 1.82. The van der Waals surface area contributed by atoms with Crippen LogP contribution >= 0.6 is 0 Å². The van der Waals surface area contributed by atoms with Gasteiger partial charge in [-0.2, -0.15) is 5.10 Å². The molecule has 0 aromatic carbocycles. The van der Waals surface area contributed by atoms with Crippen LogP contribution in [0.1, 0.15) is 49.8 Å². The van der Waals surface area contributed by atoms with Crippen LogP contribution in [0.5, 0.6) is 0 Å². The molecule has 80 valence electrons. The van der Waals surface area contributed by atoms with E-state index in [-0.39, 0.29) is 0 Å². The maximum Gasteiger partial charge on any atom is 0.0644 e. The van der Waals surface area contributed by atoms with Gasteiger partial charge in [-0.25, -0.2) is 0 Å². The Balaban J connectivity index is 3.17. The average Bonchev–Trinajstić information content (AvgIpc) is 2.41. The van der Waals surface area contributed by atoms with E-state index >= 15 is 0 Å². The minimum absolute atomic E-state index is 0.377. The molecule has 0 aliphatic rings. The summed E-state index contributed by atoms with van der Waals surface area (Å²) in [5, 5.41) is 7.82. The van der Waals surface area contributed by atoms with E-state index in [2.05, 4.69) is 49.7 Å². The second-order valence-corrected chi connectivity index (χ2v) is 4.13. The summed E-state index contributed by atoms with van der Waals surface area (Å²) in [6, 6.07) is 0.814. The quantitative estimate of drug-likeness (QED) is 0.802. The van der Waals surface area contributed by atoms with Crippen molar-refractivity contribution < 1.29 is 0 Å². The molecule has 0 bridgehead atoms. The lowest BCUT2D eigenvalue weighted by Crippen LogP contribution is -2.14. The number of nitrogens with one attached hydrogen (secondary N) is 1. The summed E-state index contributed by atoms with van der Waals surface area (Å²) in [5.74, 6) is 0. The summed E-state index contributed by atoms with van der Waals surface area (Å²) in [7, 11) is 1.98. The molecule has 1 rings (SSSR count). The molecular weight excluding hydrogens is 174 g/mol. The van der Waals surface area contributed by atoms with Crippen molar-refractivity contribution in [1.82, 2.24) is 15.1 Å². The van der Waals surface area contributed by atoms with E-state index in [4.69, 9.17) is 0 Å². The third-order valence-electron chi connectivity index (χ3n) is 2.74. The van der Waals surface area contributed by atoms with E-state index in [1.807, 2.05) is 7.05 Å². The second-order valence-electron chi connectivity index (χ2n) is 4.13. The van der Waals surface area contributed by atoms with Crippen LogP contribution in [0.3, 0.4) is 0 Å². The predicted molar refractivity (Wildman–Crippen MR) is 59.6 cm³/mol. The molecule has 0 saturated heterocycles. The van der Waals surface area contributed by atoms with Gasteiger partial charge in [0.2, 0.25) is 0 Å². The molecule has 1 aromatic rings. The first-order valence-electron chi connectivity index (χ1n) is 5.21. The number of hydrogen-bond acceptors (Lipinski definition) is 2. The fraction of sp³-hybridized carbons (Fsp3) is 0.727. The number of rotatable bonds is 3. The van der Waals surface area contributed by atoms with Crippen molar-refractivity contribution in [2.75, 3.05) is 7.05 Å². The SMILES string of the molecule is CNC(C)c1c(C)nn(C(C)C)c1C. The molecule has 3 heteroatoms. The molecule has 0 aliphatic heterocycles. The molecule has 0 amide bonds. The first kappa shape index (κ1) is 11.2. The van der Waals surface area contributed by atoms with Gasteiger partial charge in [0.15, 0.2) is 0 Å². The molecule has 1 unspecified atom stereocenters. The van der Waals surface area contributed by atoms with Crippen molar-refractivity contribution >= 4 is 0 Å². The molecule has 0 spiro atoms. The number of aryl methyl sites for hydroxylation is 1. The van der Waals surface area contributed by atoms with Crippen LogP contribution in [0.4, 0.5) is 0 Å². The van der Waals surface area contributed by atoms with Gasteiger partial charge in [0, 0.05) is 23.3 Å². The summed E-state index contributed by atoms with van der Waals surface area (Å²) in [6.45, 7) is 10.7. The van der Waals surface area contributed by atoms with Gasteiger partial charge < -0.3 is 5.32 Å². The van der Waals surface area contributed by atoms with E-state index in [1.54, 1.807) is 0 Å². The molecule has 1 aromatic heterocycles. The molecule has 1 N–H and O–H groups in total. The number of hydrogen-bond donors (Lipinski definition) is 1. The van der Waals surface area contributed by atoms with Gasteiger partial charge >= 0.3 is 0 Å².